The summed E-state index contributed by atoms with van der Waals surface area (Å²) in [5.41, 5.74) is 4.17. The minimum Gasteiger partial charge on any atom is -0.493 e. The highest BCUT2D eigenvalue weighted by Gasteiger charge is 2.11. The van der Waals surface area contributed by atoms with Crippen LogP contribution < -0.4 is 20.1 Å². The Balaban J connectivity index is 1.40. The minimum absolute atomic E-state index is 0.244. The monoisotopic (exact) mass is 488 g/mol. The molecule has 0 bridgehead atoms. The summed E-state index contributed by atoms with van der Waals surface area (Å²) in [7, 11) is 3.22. The SMILES string of the molecule is COc1ccc(-c2csc(-c3ccc(CNC(=O)c4ccnc(NC(C)=O)c4)cc3)n2)cc1OC. The minimum atomic E-state index is -0.248. The van der Waals surface area contributed by atoms with Crippen molar-refractivity contribution in [2.45, 2.75) is 13.5 Å². The zero-order valence-corrected chi connectivity index (χ0v) is 20.3. The number of amides is 2. The van der Waals surface area contributed by atoms with Gasteiger partial charge in [0.1, 0.15) is 10.8 Å². The molecule has 2 N–H and O–H groups in total. The Morgan fingerprint density at radius 2 is 1.69 bits per heavy atom. The Morgan fingerprint density at radius 3 is 2.40 bits per heavy atom. The van der Waals surface area contributed by atoms with Gasteiger partial charge in [-0.05, 0) is 35.9 Å². The molecule has 0 fully saturated rings. The first kappa shape index (κ1) is 23.9. The van der Waals surface area contributed by atoms with E-state index in [2.05, 4.69) is 15.6 Å². The number of hydrogen-bond donors (Lipinski definition) is 2. The van der Waals surface area contributed by atoms with Crippen LogP contribution in [0.1, 0.15) is 22.8 Å². The predicted molar refractivity (Wildman–Crippen MR) is 136 cm³/mol. The van der Waals surface area contributed by atoms with Crippen LogP contribution in [0, 0.1) is 0 Å². The van der Waals surface area contributed by atoms with Gasteiger partial charge in [0.2, 0.25) is 5.91 Å². The van der Waals surface area contributed by atoms with Crippen molar-refractivity contribution in [3.63, 3.8) is 0 Å². The van der Waals surface area contributed by atoms with E-state index in [4.69, 9.17) is 14.5 Å². The average molecular weight is 489 g/mol. The summed E-state index contributed by atoms with van der Waals surface area (Å²) in [6.07, 6.45) is 1.49. The molecule has 0 saturated carbocycles. The number of carbonyl (C=O) groups is 2. The molecule has 0 radical (unpaired) electrons. The maximum Gasteiger partial charge on any atom is 0.251 e. The van der Waals surface area contributed by atoms with Gasteiger partial charge in [-0.2, -0.15) is 0 Å². The van der Waals surface area contributed by atoms with E-state index < -0.39 is 0 Å². The van der Waals surface area contributed by atoms with Crippen molar-refractivity contribution < 1.29 is 19.1 Å². The molecule has 0 spiro atoms. The number of benzene rings is 2. The lowest BCUT2D eigenvalue weighted by Gasteiger charge is -2.08. The second-order valence-electron chi connectivity index (χ2n) is 7.60. The Bertz CT molecular complexity index is 1350. The number of thiazole rings is 1. The summed E-state index contributed by atoms with van der Waals surface area (Å²) >= 11 is 1.56. The molecule has 0 unspecified atom stereocenters. The molecule has 2 amide bonds. The highest BCUT2D eigenvalue weighted by atomic mass is 32.1. The van der Waals surface area contributed by atoms with Gasteiger partial charge in [-0.1, -0.05) is 24.3 Å². The van der Waals surface area contributed by atoms with Crippen molar-refractivity contribution >= 4 is 29.0 Å². The Morgan fingerprint density at radius 1 is 0.943 bits per heavy atom. The largest absolute Gasteiger partial charge is 0.493 e. The van der Waals surface area contributed by atoms with Gasteiger partial charge in [-0.25, -0.2) is 9.97 Å². The normalized spacial score (nSPS) is 10.5. The van der Waals surface area contributed by atoms with Crippen LogP contribution >= 0.6 is 11.3 Å². The van der Waals surface area contributed by atoms with Crippen molar-refractivity contribution in [2.24, 2.45) is 0 Å². The molecule has 0 aliphatic carbocycles. The van der Waals surface area contributed by atoms with Crippen molar-refractivity contribution in [1.82, 2.24) is 15.3 Å². The average Bonchev–Trinajstić information content (AvgIpc) is 3.37. The molecule has 35 heavy (non-hydrogen) atoms. The third-order valence-corrected chi connectivity index (χ3v) is 6.06. The Hall–Kier alpha value is -4.24. The van der Waals surface area contributed by atoms with Crippen molar-refractivity contribution in [3.05, 3.63) is 77.3 Å². The molecule has 0 saturated heterocycles. The zero-order valence-electron chi connectivity index (χ0n) is 19.5. The lowest BCUT2D eigenvalue weighted by Crippen LogP contribution is -2.23. The molecule has 0 atom stereocenters. The molecule has 4 aromatic rings. The van der Waals surface area contributed by atoms with Crippen LogP contribution in [0.25, 0.3) is 21.8 Å². The van der Waals surface area contributed by atoms with Crippen LogP contribution in [0.3, 0.4) is 0 Å². The maximum atomic E-state index is 12.5. The lowest BCUT2D eigenvalue weighted by atomic mass is 10.1. The van der Waals surface area contributed by atoms with Crippen LogP contribution in [0.15, 0.2) is 66.2 Å². The number of nitrogens with zero attached hydrogens (tertiary/aromatic N) is 2. The molecule has 2 aromatic heterocycles. The number of hydrogen-bond acceptors (Lipinski definition) is 7. The molecule has 0 aliphatic heterocycles. The van der Waals surface area contributed by atoms with Gasteiger partial charge in [0, 0.05) is 41.7 Å². The van der Waals surface area contributed by atoms with Crippen LogP contribution in [-0.4, -0.2) is 36.0 Å². The van der Waals surface area contributed by atoms with Gasteiger partial charge in [0.05, 0.1) is 19.9 Å². The van der Waals surface area contributed by atoms with E-state index in [1.54, 1.807) is 31.6 Å². The first-order valence-corrected chi connectivity index (χ1v) is 11.6. The number of pyridine rings is 1. The van der Waals surface area contributed by atoms with E-state index >= 15 is 0 Å². The molecular formula is C26H24N4O4S. The molecule has 4 rings (SSSR count). The molecule has 8 nitrogen and oxygen atoms in total. The summed E-state index contributed by atoms with van der Waals surface area (Å²) in [6, 6.07) is 16.8. The Labute approximate surface area is 207 Å². The fourth-order valence-electron chi connectivity index (χ4n) is 3.40. The quantitative estimate of drug-likeness (QED) is 0.370. The summed E-state index contributed by atoms with van der Waals surface area (Å²) in [6.45, 7) is 1.76. The summed E-state index contributed by atoms with van der Waals surface area (Å²) < 4.78 is 10.7. The molecule has 2 heterocycles. The second kappa shape index (κ2) is 10.8. The van der Waals surface area contributed by atoms with Crippen LogP contribution in [0.2, 0.25) is 0 Å². The number of carbonyl (C=O) groups excluding carboxylic acids is 2. The van der Waals surface area contributed by atoms with Crippen LogP contribution in [0.4, 0.5) is 5.82 Å². The van der Waals surface area contributed by atoms with E-state index in [1.807, 2.05) is 47.8 Å². The van der Waals surface area contributed by atoms with E-state index in [1.165, 1.54) is 19.2 Å². The topological polar surface area (TPSA) is 102 Å². The fourth-order valence-corrected chi connectivity index (χ4v) is 4.24. The molecule has 2 aromatic carbocycles. The zero-order chi connectivity index (χ0) is 24.8. The summed E-state index contributed by atoms with van der Waals surface area (Å²) in [4.78, 5) is 32.5. The van der Waals surface area contributed by atoms with Gasteiger partial charge >= 0.3 is 0 Å². The number of anilines is 1. The number of nitrogens with one attached hydrogen (secondary N) is 2. The van der Waals surface area contributed by atoms with Crippen LogP contribution in [-0.2, 0) is 11.3 Å². The maximum absolute atomic E-state index is 12.5. The van der Waals surface area contributed by atoms with E-state index in [0.29, 0.717) is 29.4 Å². The van der Waals surface area contributed by atoms with E-state index in [0.717, 1.165) is 27.4 Å². The highest BCUT2D eigenvalue weighted by molar-refractivity contribution is 7.13. The number of methoxy groups -OCH3 is 2. The first-order valence-electron chi connectivity index (χ1n) is 10.8. The van der Waals surface area contributed by atoms with Crippen molar-refractivity contribution in [3.8, 4) is 33.3 Å². The van der Waals surface area contributed by atoms with Gasteiger partial charge in [0.25, 0.3) is 5.91 Å². The summed E-state index contributed by atoms with van der Waals surface area (Å²) in [5.74, 6) is 1.18. The number of aromatic nitrogens is 2. The highest BCUT2D eigenvalue weighted by Crippen LogP contribution is 2.34. The van der Waals surface area contributed by atoms with Crippen LogP contribution in [0.5, 0.6) is 11.5 Å². The molecule has 9 heteroatoms. The molecule has 0 aliphatic rings. The van der Waals surface area contributed by atoms with Gasteiger partial charge in [-0.15, -0.1) is 11.3 Å². The van der Waals surface area contributed by atoms with E-state index in [-0.39, 0.29) is 11.8 Å². The van der Waals surface area contributed by atoms with Gasteiger partial charge < -0.3 is 20.1 Å². The first-order chi connectivity index (χ1) is 17.0. The van der Waals surface area contributed by atoms with Gasteiger partial charge in [-0.3, -0.25) is 9.59 Å². The Kier molecular flexibility index (Phi) is 7.37. The number of ether oxygens (including phenoxy) is 2. The van der Waals surface area contributed by atoms with Gasteiger partial charge in [0.15, 0.2) is 11.5 Å². The summed E-state index contributed by atoms with van der Waals surface area (Å²) in [5, 5.41) is 8.36. The smallest absolute Gasteiger partial charge is 0.251 e. The fraction of sp³-hybridized carbons (Fsp3) is 0.154. The predicted octanol–water partition coefficient (Wildman–Crippen LogP) is 4.78. The van der Waals surface area contributed by atoms with Crippen molar-refractivity contribution in [2.75, 3.05) is 19.5 Å². The third-order valence-electron chi connectivity index (χ3n) is 5.16. The van der Waals surface area contributed by atoms with Crippen molar-refractivity contribution in [1.29, 1.82) is 0 Å². The molecule has 178 valence electrons. The van der Waals surface area contributed by atoms with E-state index in [9.17, 15) is 9.59 Å². The standard InChI is InChI=1S/C26H24N4O4S/c1-16(31)29-24-13-20(10-11-27-24)25(32)28-14-17-4-6-18(7-5-17)26-30-21(15-35-26)19-8-9-22(33-2)23(12-19)34-3/h4-13,15H,14H2,1-3H3,(H,28,32)(H,27,29,31). The lowest BCUT2D eigenvalue weighted by molar-refractivity contribution is -0.114. The third kappa shape index (κ3) is 5.82. The second-order valence-corrected chi connectivity index (χ2v) is 8.46. The molecular weight excluding hydrogens is 464 g/mol. The number of rotatable bonds is 8.